The van der Waals surface area contributed by atoms with Gasteiger partial charge in [0.15, 0.2) is 0 Å². The van der Waals surface area contributed by atoms with Crippen LogP contribution in [0.2, 0.25) is 0 Å². The predicted molar refractivity (Wildman–Crippen MR) is 36.2 cm³/mol. The van der Waals surface area contributed by atoms with Gasteiger partial charge >= 0.3 is 5.97 Å². The van der Waals surface area contributed by atoms with Crippen LogP contribution in [0.5, 0.6) is 0 Å². The van der Waals surface area contributed by atoms with Crippen molar-refractivity contribution in [3.8, 4) is 0 Å². The van der Waals surface area contributed by atoms with Crippen molar-refractivity contribution in [1.82, 2.24) is 0 Å². The number of halogens is 2. The number of hydrogen-bond acceptors (Lipinski definition) is 2. The molecule has 1 aromatic rings. The Balaban J connectivity index is 2.90. The molecule has 0 aliphatic carbocycles. The molecule has 0 radical (unpaired) electrons. The zero-order chi connectivity index (χ0) is 8.43. The molecule has 0 atom stereocenters. The molecule has 0 fully saturated rings. The third-order valence-electron chi connectivity index (χ3n) is 1.08. The minimum atomic E-state index is -2.58. The molecule has 0 aliphatic rings. The summed E-state index contributed by atoms with van der Waals surface area (Å²) in [5, 5.41) is 9.49. The van der Waals surface area contributed by atoms with Gasteiger partial charge in [0.1, 0.15) is 4.88 Å². The first-order chi connectivity index (χ1) is 5.11. The van der Waals surface area contributed by atoms with Gasteiger partial charge in [-0.2, -0.15) is 0 Å². The largest absolute Gasteiger partial charge is 0.477 e. The van der Waals surface area contributed by atoms with Crippen LogP contribution in [-0.4, -0.2) is 11.1 Å². The maximum atomic E-state index is 11.9. The van der Waals surface area contributed by atoms with Gasteiger partial charge in [-0.1, -0.05) is 0 Å². The van der Waals surface area contributed by atoms with E-state index in [4.69, 9.17) is 5.11 Å². The number of carboxylic acid groups (broad SMARTS) is 1. The van der Waals surface area contributed by atoms with Gasteiger partial charge in [0.25, 0.3) is 6.43 Å². The lowest BCUT2D eigenvalue weighted by Crippen LogP contribution is -1.90. The van der Waals surface area contributed by atoms with E-state index in [0.29, 0.717) is 0 Å². The Morgan fingerprint density at radius 3 is 2.55 bits per heavy atom. The van der Waals surface area contributed by atoms with Crippen molar-refractivity contribution in [2.24, 2.45) is 0 Å². The highest BCUT2D eigenvalue weighted by Crippen LogP contribution is 2.24. The van der Waals surface area contributed by atoms with Crippen molar-refractivity contribution in [3.05, 3.63) is 21.9 Å². The third kappa shape index (κ3) is 1.74. The van der Waals surface area contributed by atoms with Crippen LogP contribution in [0.15, 0.2) is 11.4 Å². The highest BCUT2D eigenvalue weighted by atomic mass is 32.1. The Morgan fingerprint density at radius 1 is 1.64 bits per heavy atom. The number of hydrogen-bond donors (Lipinski definition) is 1. The monoisotopic (exact) mass is 178 g/mol. The third-order valence-corrected chi connectivity index (χ3v) is 2.02. The summed E-state index contributed by atoms with van der Waals surface area (Å²) in [5.74, 6) is -1.16. The summed E-state index contributed by atoms with van der Waals surface area (Å²) in [6.45, 7) is 0. The lowest BCUT2D eigenvalue weighted by atomic mass is 10.3. The molecule has 0 saturated heterocycles. The van der Waals surface area contributed by atoms with E-state index in [9.17, 15) is 13.6 Å². The van der Waals surface area contributed by atoms with E-state index in [-0.39, 0.29) is 10.4 Å². The number of carboxylic acids is 1. The van der Waals surface area contributed by atoms with Crippen LogP contribution in [0, 0.1) is 0 Å². The van der Waals surface area contributed by atoms with Gasteiger partial charge < -0.3 is 5.11 Å². The Bertz CT molecular complexity index is 269. The molecule has 1 heterocycles. The number of alkyl halides is 2. The van der Waals surface area contributed by atoms with Crippen molar-refractivity contribution >= 4 is 17.3 Å². The molecule has 11 heavy (non-hydrogen) atoms. The van der Waals surface area contributed by atoms with E-state index in [1.54, 1.807) is 0 Å². The normalized spacial score (nSPS) is 10.5. The van der Waals surface area contributed by atoms with E-state index in [2.05, 4.69) is 0 Å². The van der Waals surface area contributed by atoms with Crippen LogP contribution in [0.3, 0.4) is 0 Å². The molecule has 0 aliphatic heterocycles. The van der Waals surface area contributed by atoms with E-state index >= 15 is 0 Å². The maximum absolute atomic E-state index is 11.9. The molecule has 1 N–H and O–H groups in total. The fourth-order valence-corrected chi connectivity index (χ4v) is 1.32. The summed E-state index contributed by atoms with van der Waals surface area (Å²) in [5.41, 5.74) is -0.229. The fourth-order valence-electron chi connectivity index (χ4n) is 0.578. The van der Waals surface area contributed by atoms with Gasteiger partial charge in [-0.25, -0.2) is 13.6 Å². The van der Waals surface area contributed by atoms with Gasteiger partial charge in [0.05, 0.1) is 0 Å². The molecule has 1 aromatic heterocycles. The first kappa shape index (κ1) is 8.13. The van der Waals surface area contributed by atoms with Crippen molar-refractivity contribution in [2.75, 3.05) is 0 Å². The number of aromatic carboxylic acids is 1. The topological polar surface area (TPSA) is 37.3 Å². The highest BCUT2D eigenvalue weighted by Gasteiger charge is 2.12. The molecule has 0 unspecified atom stereocenters. The molecule has 2 nitrogen and oxygen atoms in total. The van der Waals surface area contributed by atoms with Crippen LogP contribution in [-0.2, 0) is 0 Å². The molecule has 0 bridgehead atoms. The minimum absolute atomic E-state index is 0.0553. The quantitative estimate of drug-likeness (QED) is 0.754. The average Bonchev–Trinajstić information content (AvgIpc) is 2.33. The molecule has 0 saturated carbocycles. The first-order valence-corrected chi connectivity index (χ1v) is 3.59. The summed E-state index contributed by atoms with van der Waals surface area (Å²) in [7, 11) is 0. The lowest BCUT2D eigenvalue weighted by Gasteiger charge is -1.88. The zero-order valence-electron chi connectivity index (χ0n) is 5.25. The second-order valence-electron chi connectivity index (χ2n) is 1.85. The van der Waals surface area contributed by atoms with Crippen LogP contribution in [0.1, 0.15) is 21.7 Å². The SMILES string of the molecule is O=C(O)c1cc(C(F)F)cs1. The fraction of sp³-hybridized carbons (Fsp3) is 0.167. The minimum Gasteiger partial charge on any atom is -0.477 e. The zero-order valence-corrected chi connectivity index (χ0v) is 6.07. The van der Waals surface area contributed by atoms with Gasteiger partial charge in [0, 0.05) is 10.9 Å². The Kier molecular flexibility index (Phi) is 2.19. The van der Waals surface area contributed by atoms with Crippen LogP contribution in [0.4, 0.5) is 8.78 Å². The summed E-state index contributed by atoms with van der Waals surface area (Å²) in [6.07, 6.45) is -2.58. The van der Waals surface area contributed by atoms with Gasteiger partial charge in [-0.15, -0.1) is 11.3 Å². The summed E-state index contributed by atoms with van der Waals surface area (Å²) in [4.78, 5) is 10.1. The average molecular weight is 178 g/mol. The van der Waals surface area contributed by atoms with Crippen molar-refractivity contribution in [2.45, 2.75) is 6.43 Å². The molecule has 60 valence electrons. The standard InChI is InChI=1S/C6H4F2O2S/c7-5(8)3-1-4(6(9)10)11-2-3/h1-2,5H,(H,9,10). The van der Waals surface area contributed by atoms with Crippen LogP contribution < -0.4 is 0 Å². The molecule has 5 heteroatoms. The van der Waals surface area contributed by atoms with E-state index in [0.717, 1.165) is 22.8 Å². The lowest BCUT2D eigenvalue weighted by molar-refractivity contribution is 0.0702. The number of rotatable bonds is 2. The Labute approximate surface area is 65.1 Å². The van der Waals surface area contributed by atoms with Gasteiger partial charge in [0.2, 0.25) is 0 Å². The van der Waals surface area contributed by atoms with Crippen molar-refractivity contribution in [3.63, 3.8) is 0 Å². The number of carbonyl (C=O) groups is 1. The van der Waals surface area contributed by atoms with E-state index < -0.39 is 12.4 Å². The van der Waals surface area contributed by atoms with Crippen LogP contribution in [0.25, 0.3) is 0 Å². The first-order valence-electron chi connectivity index (χ1n) is 2.71. The van der Waals surface area contributed by atoms with Crippen molar-refractivity contribution < 1.29 is 18.7 Å². The van der Waals surface area contributed by atoms with E-state index in [1.807, 2.05) is 0 Å². The summed E-state index contributed by atoms with van der Waals surface area (Å²) in [6, 6.07) is 0.984. The maximum Gasteiger partial charge on any atom is 0.345 e. The highest BCUT2D eigenvalue weighted by molar-refractivity contribution is 7.12. The smallest absolute Gasteiger partial charge is 0.345 e. The summed E-state index contributed by atoms with van der Waals surface area (Å²) >= 11 is 0.806. The van der Waals surface area contributed by atoms with Crippen LogP contribution >= 0.6 is 11.3 Å². The molecular weight excluding hydrogens is 174 g/mol. The Hall–Kier alpha value is -0.970. The Morgan fingerprint density at radius 2 is 2.27 bits per heavy atom. The predicted octanol–water partition coefficient (Wildman–Crippen LogP) is 2.38. The van der Waals surface area contributed by atoms with E-state index in [1.165, 1.54) is 0 Å². The van der Waals surface area contributed by atoms with Crippen molar-refractivity contribution in [1.29, 1.82) is 0 Å². The second kappa shape index (κ2) is 2.96. The summed E-state index contributed by atoms with van der Waals surface area (Å²) < 4.78 is 23.7. The molecule has 0 aromatic carbocycles. The molecule has 1 rings (SSSR count). The number of thiophene rings is 1. The molecular formula is C6H4F2O2S. The second-order valence-corrected chi connectivity index (χ2v) is 2.76. The van der Waals surface area contributed by atoms with Gasteiger partial charge in [-0.05, 0) is 6.07 Å². The molecule has 0 amide bonds. The molecule has 0 spiro atoms. The van der Waals surface area contributed by atoms with Gasteiger partial charge in [-0.3, -0.25) is 0 Å².